The normalized spacial score (nSPS) is 25.0. The van der Waals surface area contributed by atoms with E-state index in [9.17, 15) is 0 Å². The summed E-state index contributed by atoms with van der Waals surface area (Å²) in [5, 5.41) is 3.53. The molecule has 1 aromatic carbocycles. The van der Waals surface area contributed by atoms with Crippen LogP contribution in [0.15, 0.2) is 28.7 Å². The van der Waals surface area contributed by atoms with Crippen LogP contribution in [0.3, 0.4) is 0 Å². The van der Waals surface area contributed by atoms with Gasteiger partial charge in [0.2, 0.25) is 0 Å². The molecule has 106 valence electrons. The van der Waals surface area contributed by atoms with Gasteiger partial charge in [-0.1, -0.05) is 15.9 Å². The minimum absolute atomic E-state index is 0.567. The minimum atomic E-state index is 0.567. The van der Waals surface area contributed by atoms with E-state index in [2.05, 4.69) is 40.0 Å². The summed E-state index contributed by atoms with van der Waals surface area (Å²) in [5.74, 6) is 0.942. The van der Waals surface area contributed by atoms with Crippen LogP contribution in [0.5, 0.6) is 5.75 Å². The molecule has 0 radical (unpaired) electrons. The van der Waals surface area contributed by atoms with Crippen LogP contribution in [-0.2, 0) is 0 Å². The second-order valence-corrected chi connectivity index (χ2v) is 6.21. The summed E-state index contributed by atoms with van der Waals surface area (Å²) >= 11 is 3.43. The van der Waals surface area contributed by atoms with Crippen molar-refractivity contribution in [1.82, 2.24) is 10.2 Å². The standard InChI is InChI=1S/C15H23BrN2O/c1-12-11-18(13(2)7-8-17-12)9-10-19-15-5-3-14(16)4-6-15/h3-6,12-13,17H,7-11H2,1-2H3. The van der Waals surface area contributed by atoms with E-state index in [-0.39, 0.29) is 0 Å². The van der Waals surface area contributed by atoms with E-state index in [1.165, 1.54) is 6.42 Å². The fourth-order valence-electron chi connectivity index (χ4n) is 2.44. The summed E-state index contributed by atoms with van der Waals surface area (Å²) in [6.45, 7) is 8.51. The zero-order chi connectivity index (χ0) is 13.7. The van der Waals surface area contributed by atoms with E-state index < -0.39 is 0 Å². The van der Waals surface area contributed by atoms with Gasteiger partial charge in [-0.25, -0.2) is 0 Å². The maximum absolute atomic E-state index is 5.81. The average molecular weight is 327 g/mol. The SMILES string of the molecule is CC1CN(CCOc2ccc(Br)cc2)C(C)CCN1. The average Bonchev–Trinajstić information content (AvgIpc) is 2.54. The summed E-state index contributed by atoms with van der Waals surface area (Å²) < 4.78 is 6.89. The highest BCUT2D eigenvalue weighted by Crippen LogP contribution is 2.16. The topological polar surface area (TPSA) is 24.5 Å². The zero-order valence-corrected chi connectivity index (χ0v) is 13.3. The first-order valence-corrected chi connectivity index (χ1v) is 7.80. The van der Waals surface area contributed by atoms with E-state index >= 15 is 0 Å². The highest BCUT2D eigenvalue weighted by molar-refractivity contribution is 9.10. The van der Waals surface area contributed by atoms with Gasteiger partial charge < -0.3 is 10.1 Å². The minimum Gasteiger partial charge on any atom is -0.492 e. The number of hydrogen-bond acceptors (Lipinski definition) is 3. The summed E-state index contributed by atoms with van der Waals surface area (Å²) in [5.41, 5.74) is 0. The van der Waals surface area contributed by atoms with Crippen molar-refractivity contribution < 1.29 is 4.74 Å². The van der Waals surface area contributed by atoms with Crippen LogP contribution >= 0.6 is 15.9 Å². The smallest absolute Gasteiger partial charge is 0.119 e. The van der Waals surface area contributed by atoms with Crippen molar-refractivity contribution in [2.75, 3.05) is 26.2 Å². The van der Waals surface area contributed by atoms with Crippen LogP contribution in [0.25, 0.3) is 0 Å². The van der Waals surface area contributed by atoms with Gasteiger partial charge >= 0.3 is 0 Å². The van der Waals surface area contributed by atoms with E-state index in [0.717, 1.165) is 36.5 Å². The van der Waals surface area contributed by atoms with E-state index in [4.69, 9.17) is 4.74 Å². The van der Waals surface area contributed by atoms with Gasteiger partial charge in [0, 0.05) is 29.6 Å². The van der Waals surface area contributed by atoms with Crippen molar-refractivity contribution in [3.05, 3.63) is 28.7 Å². The second-order valence-electron chi connectivity index (χ2n) is 5.29. The zero-order valence-electron chi connectivity index (χ0n) is 11.7. The van der Waals surface area contributed by atoms with Gasteiger partial charge in [0.25, 0.3) is 0 Å². The predicted octanol–water partition coefficient (Wildman–Crippen LogP) is 2.90. The maximum Gasteiger partial charge on any atom is 0.119 e. The second kappa shape index (κ2) is 7.27. The predicted molar refractivity (Wildman–Crippen MR) is 82.8 cm³/mol. The molecule has 1 saturated heterocycles. The van der Waals surface area contributed by atoms with Crippen molar-refractivity contribution in [3.63, 3.8) is 0 Å². The third-order valence-corrected chi connectivity index (χ3v) is 4.18. The Morgan fingerprint density at radius 2 is 2.05 bits per heavy atom. The van der Waals surface area contributed by atoms with Gasteiger partial charge in [0.1, 0.15) is 12.4 Å². The lowest BCUT2D eigenvalue weighted by Gasteiger charge is -2.27. The first kappa shape index (κ1) is 14.8. The van der Waals surface area contributed by atoms with Crippen LogP contribution < -0.4 is 10.1 Å². The van der Waals surface area contributed by atoms with Crippen LogP contribution in [0.4, 0.5) is 0 Å². The molecule has 1 fully saturated rings. The fourth-order valence-corrected chi connectivity index (χ4v) is 2.71. The van der Waals surface area contributed by atoms with E-state index in [1.54, 1.807) is 0 Å². The third kappa shape index (κ3) is 4.79. The van der Waals surface area contributed by atoms with Crippen molar-refractivity contribution in [2.24, 2.45) is 0 Å². The maximum atomic E-state index is 5.81. The number of nitrogens with one attached hydrogen (secondary N) is 1. The molecule has 0 aliphatic carbocycles. The molecule has 0 amide bonds. The lowest BCUT2D eigenvalue weighted by Crippen LogP contribution is -2.40. The highest BCUT2D eigenvalue weighted by Gasteiger charge is 2.19. The highest BCUT2D eigenvalue weighted by atomic mass is 79.9. The van der Waals surface area contributed by atoms with Crippen LogP contribution in [-0.4, -0.2) is 43.2 Å². The summed E-state index contributed by atoms with van der Waals surface area (Å²) in [7, 11) is 0. The largest absolute Gasteiger partial charge is 0.492 e. The summed E-state index contributed by atoms with van der Waals surface area (Å²) in [4.78, 5) is 2.52. The number of benzene rings is 1. The van der Waals surface area contributed by atoms with E-state index in [0.29, 0.717) is 12.1 Å². The first-order valence-electron chi connectivity index (χ1n) is 7.01. The molecule has 0 saturated carbocycles. The van der Waals surface area contributed by atoms with Crippen molar-refractivity contribution in [3.8, 4) is 5.75 Å². The van der Waals surface area contributed by atoms with Gasteiger partial charge in [0.05, 0.1) is 0 Å². The van der Waals surface area contributed by atoms with Crippen LogP contribution in [0, 0.1) is 0 Å². The van der Waals surface area contributed by atoms with Crippen molar-refractivity contribution in [2.45, 2.75) is 32.4 Å². The number of hydrogen-bond donors (Lipinski definition) is 1. The first-order chi connectivity index (χ1) is 9.15. The molecule has 2 unspecified atom stereocenters. The number of nitrogens with zero attached hydrogens (tertiary/aromatic N) is 1. The fraction of sp³-hybridized carbons (Fsp3) is 0.600. The number of ether oxygens (including phenoxy) is 1. The monoisotopic (exact) mass is 326 g/mol. The Morgan fingerprint density at radius 1 is 1.32 bits per heavy atom. The Morgan fingerprint density at radius 3 is 2.79 bits per heavy atom. The molecule has 2 rings (SSSR count). The van der Waals surface area contributed by atoms with Crippen molar-refractivity contribution in [1.29, 1.82) is 0 Å². The van der Waals surface area contributed by atoms with Crippen LogP contribution in [0.2, 0.25) is 0 Å². The Hall–Kier alpha value is -0.580. The Labute approximate surface area is 124 Å². The summed E-state index contributed by atoms with van der Waals surface area (Å²) in [6, 6.07) is 9.22. The molecule has 0 spiro atoms. The molecule has 1 N–H and O–H groups in total. The van der Waals surface area contributed by atoms with Gasteiger partial charge in [-0.05, 0) is 51.1 Å². The Balaban J connectivity index is 1.79. The molecule has 0 aromatic heterocycles. The number of halogens is 1. The molecule has 2 atom stereocenters. The van der Waals surface area contributed by atoms with Gasteiger partial charge in [0.15, 0.2) is 0 Å². The summed E-state index contributed by atoms with van der Waals surface area (Å²) in [6.07, 6.45) is 1.21. The van der Waals surface area contributed by atoms with E-state index in [1.807, 2.05) is 24.3 Å². The molecule has 3 nitrogen and oxygen atoms in total. The Kier molecular flexibility index (Phi) is 5.67. The van der Waals surface area contributed by atoms with Gasteiger partial charge in [-0.15, -0.1) is 0 Å². The lowest BCUT2D eigenvalue weighted by atomic mass is 10.2. The number of rotatable bonds is 4. The molecular formula is C15H23BrN2O. The lowest BCUT2D eigenvalue weighted by molar-refractivity contribution is 0.167. The molecule has 1 aromatic rings. The quantitative estimate of drug-likeness (QED) is 0.920. The van der Waals surface area contributed by atoms with Crippen LogP contribution in [0.1, 0.15) is 20.3 Å². The Bertz CT molecular complexity index is 382. The van der Waals surface area contributed by atoms with Crippen molar-refractivity contribution >= 4 is 15.9 Å². The molecular weight excluding hydrogens is 304 g/mol. The molecule has 1 aliphatic rings. The molecule has 0 bridgehead atoms. The molecule has 4 heteroatoms. The van der Waals surface area contributed by atoms with Gasteiger partial charge in [-0.3, -0.25) is 4.90 Å². The third-order valence-electron chi connectivity index (χ3n) is 3.65. The molecule has 19 heavy (non-hydrogen) atoms. The molecule has 1 aliphatic heterocycles. The molecule has 1 heterocycles. The van der Waals surface area contributed by atoms with Gasteiger partial charge in [-0.2, -0.15) is 0 Å².